The topological polar surface area (TPSA) is 34.7 Å². The van der Waals surface area contributed by atoms with Crippen molar-refractivity contribution in [2.75, 3.05) is 13.1 Å². The van der Waals surface area contributed by atoms with Crippen LogP contribution in [0.3, 0.4) is 0 Å². The fraction of sp³-hybridized carbons (Fsp3) is 0.833. The van der Waals surface area contributed by atoms with E-state index in [9.17, 15) is 0 Å². The summed E-state index contributed by atoms with van der Waals surface area (Å²) in [5.74, 6) is 0. The average Bonchev–Trinajstić information content (AvgIpc) is 1.90. The van der Waals surface area contributed by atoms with Gasteiger partial charge in [0.25, 0.3) is 0 Å². The van der Waals surface area contributed by atoms with E-state index in [1.165, 1.54) is 19.3 Å². The van der Waals surface area contributed by atoms with Crippen LogP contribution >= 0.6 is 24.8 Å². The first-order valence-corrected chi connectivity index (χ1v) is 4.14. The SMILES string of the molecule is O.S=C(S)N1CCCCC1.[Na]. The van der Waals surface area contributed by atoms with Crippen LogP contribution in [0.5, 0.6) is 0 Å². The molecule has 0 bridgehead atoms. The zero-order valence-corrected chi connectivity index (χ0v) is 10.5. The van der Waals surface area contributed by atoms with Crippen molar-refractivity contribution in [2.24, 2.45) is 0 Å². The van der Waals surface area contributed by atoms with Gasteiger partial charge in [0.15, 0.2) is 0 Å². The zero-order valence-electron chi connectivity index (χ0n) is 6.84. The Bertz CT molecular complexity index is 117. The van der Waals surface area contributed by atoms with Gasteiger partial charge in [0.05, 0.1) is 0 Å². The van der Waals surface area contributed by atoms with Crippen molar-refractivity contribution in [3.8, 4) is 0 Å². The number of piperidine rings is 1. The Labute approximate surface area is 101 Å². The second kappa shape index (κ2) is 7.83. The van der Waals surface area contributed by atoms with E-state index in [0.717, 1.165) is 17.4 Å². The number of thiol groups is 1. The predicted molar refractivity (Wildman–Crippen MR) is 56.4 cm³/mol. The minimum absolute atomic E-state index is 0. The molecule has 0 aromatic carbocycles. The van der Waals surface area contributed by atoms with Crippen LogP contribution in [0.15, 0.2) is 0 Å². The molecule has 11 heavy (non-hydrogen) atoms. The van der Waals surface area contributed by atoms with Gasteiger partial charge in [-0.3, -0.25) is 0 Å². The van der Waals surface area contributed by atoms with Gasteiger partial charge in [0, 0.05) is 42.6 Å². The molecular formula is C6H13NNaOS2. The summed E-state index contributed by atoms with van der Waals surface area (Å²) in [7, 11) is 0. The molecule has 1 aliphatic rings. The van der Waals surface area contributed by atoms with E-state index >= 15 is 0 Å². The first-order valence-electron chi connectivity index (χ1n) is 3.28. The van der Waals surface area contributed by atoms with Crippen LogP contribution in [0.2, 0.25) is 0 Å². The van der Waals surface area contributed by atoms with Crippen LogP contribution < -0.4 is 0 Å². The van der Waals surface area contributed by atoms with Gasteiger partial charge in [-0.25, -0.2) is 0 Å². The van der Waals surface area contributed by atoms with E-state index in [1.54, 1.807) is 0 Å². The molecule has 1 radical (unpaired) electrons. The van der Waals surface area contributed by atoms with E-state index in [1.807, 2.05) is 0 Å². The van der Waals surface area contributed by atoms with E-state index in [2.05, 4.69) is 17.5 Å². The van der Waals surface area contributed by atoms with Crippen LogP contribution in [-0.4, -0.2) is 57.3 Å². The quantitative estimate of drug-likeness (QED) is 0.352. The minimum Gasteiger partial charge on any atom is -0.412 e. The van der Waals surface area contributed by atoms with Crippen LogP contribution in [0.1, 0.15) is 19.3 Å². The monoisotopic (exact) mass is 202 g/mol. The Morgan fingerprint density at radius 3 is 1.91 bits per heavy atom. The van der Waals surface area contributed by atoms with Crippen LogP contribution in [-0.2, 0) is 0 Å². The van der Waals surface area contributed by atoms with Crippen molar-refractivity contribution in [3.63, 3.8) is 0 Å². The Hall–Kier alpha value is 1.20. The molecular weight excluding hydrogens is 189 g/mol. The molecule has 0 atom stereocenters. The molecule has 1 saturated heterocycles. The normalized spacial score (nSPS) is 16.3. The van der Waals surface area contributed by atoms with Gasteiger partial charge in [0.2, 0.25) is 0 Å². The predicted octanol–water partition coefficient (Wildman–Crippen LogP) is 0.482. The van der Waals surface area contributed by atoms with Crippen molar-refractivity contribution >= 4 is 58.7 Å². The number of hydrogen-bond donors (Lipinski definition) is 1. The molecule has 0 unspecified atom stereocenters. The van der Waals surface area contributed by atoms with Gasteiger partial charge in [0.1, 0.15) is 4.32 Å². The van der Waals surface area contributed by atoms with Crippen LogP contribution in [0, 0.1) is 0 Å². The van der Waals surface area contributed by atoms with E-state index < -0.39 is 0 Å². The Kier molecular flexibility index (Phi) is 10.5. The molecule has 0 spiro atoms. The molecule has 61 valence electrons. The van der Waals surface area contributed by atoms with Gasteiger partial charge in [-0.1, -0.05) is 12.2 Å². The standard InChI is InChI=1S/C6H11NS2.Na.H2O/c8-6(9)7-4-2-1-3-5-7;;/h1-5H2,(H,8,9);;1H2. The summed E-state index contributed by atoms with van der Waals surface area (Å²) in [4.78, 5) is 2.15. The number of hydrogen-bond acceptors (Lipinski definition) is 1. The van der Waals surface area contributed by atoms with Crippen LogP contribution in [0.25, 0.3) is 0 Å². The van der Waals surface area contributed by atoms with Crippen LogP contribution in [0.4, 0.5) is 0 Å². The third-order valence-corrected chi connectivity index (χ3v) is 2.17. The summed E-state index contributed by atoms with van der Waals surface area (Å²) in [5.41, 5.74) is 0. The second-order valence-corrected chi connectivity index (χ2v) is 3.44. The third-order valence-electron chi connectivity index (χ3n) is 1.63. The molecule has 0 amide bonds. The summed E-state index contributed by atoms with van der Waals surface area (Å²) >= 11 is 9.00. The number of nitrogens with zero attached hydrogens (tertiary/aromatic N) is 1. The molecule has 0 saturated carbocycles. The third kappa shape index (κ3) is 5.44. The number of rotatable bonds is 0. The van der Waals surface area contributed by atoms with Crippen molar-refractivity contribution in [3.05, 3.63) is 0 Å². The smallest absolute Gasteiger partial charge is 0.133 e. The number of thiocarbonyl (C=S) groups is 1. The summed E-state index contributed by atoms with van der Waals surface area (Å²) in [6.45, 7) is 2.23. The molecule has 1 heterocycles. The van der Waals surface area contributed by atoms with Gasteiger partial charge in [-0.2, -0.15) is 0 Å². The minimum atomic E-state index is 0. The Morgan fingerprint density at radius 2 is 1.64 bits per heavy atom. The zero-order chi connectivity index (χ0) is 6.69. The Morgan fingerprint density at radius 1 is 1.18 bits per heavy atom. The van der Waals surface area contributed by atoms with Gasteiger partial charge >= 0.3 is 0 Å². The first kappa shape index (κ1) is 14.7. The molecule has 0 aromatic heterocycles. The van der Waals surface area contributed by atoms with E-state index in [4.69, 9.17) is 12.2 Å². The van der Waals surface area contributed by atoms with Crippen molar-refractivity contribution in [2.45, 2.75) is 19.3 Å². The molecule has 1 rings (SSSR count). The Balaban J connectivity index is 0. The molecule has 5 heteroatoms. The molecule has 0 aromatic rings. The summed E-state index contributed by atoms with van der Waals surface area (Å²) in [6, 6.07) is 0. The summed E-state index contributed by atoms with van der Waals surface area (Å²) < 4.78 is 0.759. The fourth-order valence-corrected chi connectivity index (χ4v) is 1.47. The summed E-state index contributed by atoms with van der Waals surface area (Å²) in [5, 5.41) is 0. The maximum absolute atomic E-state index is 4.91. The maximum atomic E-state index is 4.91. The molecule has 2 N–H and O–H groups in total. The molecule has 1 aliphatic heterocycles. The average molecular weight is 202 g/mol. The van der Waals surface area contributed by atoms with Crippen molar-refractivity contribution in [1.29, 1.82) is 0 Å². The second-order valence-electron chi connectivity index (χ2n) is 2.33. The van der Waals surface area contributed by atoms with E-state index in [-0.39, 0.29) is 35.0 Å². The largest absolute Gasteiger partial charge is 0.412 e. The molecule has 2 nitrogen and oxygen atoms in total. The van der Waals surface area contributed by atoms with E-state index in [0.29, 0.717) is 0 Å². The molecule has 0 aliphatic carbocycles. The van der Waals surface area contributed by atoms with Gasteiger partial charge in [-0.05, 0) is 19.3 Å². The first-order chi connectivity index (χ1) is 4.30. The summed E-state index contributed by atoms with van der Waals surface area (Å²) in [6.07, 6.45) is 3.91. The molecule has 1 fully saturated rings. The fourth-order valence-electron chi connectivity index (χ4n) is 1.09. The maximum Gasteiger partial charge on any atom is 0.133 e. The van der Waals surface area contributed by atoms with Crippen molar-refractivity contribution < 1.29 is 5.48 Å². The van der Waals surface area contributed by atoms with Gasteiger partial charge < -0.3 is 10.4 Å². The van der Waals surface area contributed by atoms with Gasteiger partial charge in [-0.15, -0.1) is 12.6 Å². The number of likely N-dealkylation sites (tertiary alicyclic amines) is 1. The van der Waals surface area contributed by atoms with Crippen molar-refractivity contribution in [1.82, 2.24) is 4.90 Å².